The van der Waals surface area contributed by atoms with Gasteiger partial charge in [-0.15, -0.1) is 0 Å². The number of benzene rings is 1. The first-order chi connectivity index (χ1) is 7.20. The summed E-state index contributed by atoms with van der Waals surface area (Å²) in [4.78, 5) is 14.7. The zero-order valence-electron chi connectivity index (χ0n) is 9.01. The van der Waals surface area contributed by atoms with E-state index in [0.29, 0.717) is 0 Å². The molecule has 0 aliphatic heterocycles. The maximum absolute atomic E-state index is 10.5. The van der Waals surface area contributed by atoms with E-state index in [1.165, 1.54) is 6.92 Å². The van der Waals surface area contributed by atoms with Crippen LogP contribution in [-0.2, 0) is 9.53 Å². The van der Waals surface area contributed by atoms with E-state index >= 15 is 0 Å². The standard InChI is InChI=1S/C12H15NO2/c1-10(12-6-4-3-5-7-12)13-8-9-15-11(2)14/h3-8,10H,9H2,1-2H3. The zero-order chi connectivity index (χ0) is 11.1. The Morgan fingerprint density at radius 1 is 1.47 bits per heavy atom. The van der Waals surface area contributed by atoms with Crippen LogP contribution in [0.4, 0.5) is 0 Å². The van der Waals surface area contributed by atoms with E-state index in [1.54, 1.807) is 6.21 Å². The summed E-state index contributed by atoms with van der Waals surface area (Å²) < 4.78 is 4.74. The zero-order valence-corrected chi connectivity index (χ0v) is 9.01. The van der Waals surface area contributed by atoms with Crippen LogP contribution in [0.15, 0.2) is 35.3 Å². The lowest BCUT2D eigenvalue weighted by Crippen LogP contribution is -2.02. The Morgan fingerprint density at radius 2 is 2.13 bits per heavy atom. The largest absolute Gasteiger partial charge is 0.460 e. The van der Waals surface area contributed by atoms with E-state index in [-0.39, 0.29) is 18.6 Å². The molecule has 0 spiro atoms. The minimum absolute atomic E-state index is 0.0989. The molecule has 3 heteroatoms. The summed E-state index contributed by atoms with van der Waals surface area (Å²) in [6.07, 6.45) is 1.62. The maximum atomic E-state index is 10.5. The van der Waals surface area contributed by atoms with Gasteiger partial charge in [0.15, 0.2) is 0 Å². The normalized spacial score (nSPS) is 12.7. The second-order valence-electron chi connectivity index (χ2n) is 3.22. The van der Waals surface area contributed by atoms with Gasteiger partial charge in [0.25, 0.3) is 0 Å². The molecule has 0 bridgehead atoms. The SMILES string of the molecule is CC(=O)OCC=NC(C)c1ccccc1. The van der Waals surface area contributed by atoms with Crippen LogP contribution in [0.1, 0.15) is 25.5 Å². The molecular weight excluding hydrogens is 190 g/mol. The molecule has 1 rings (SSSR count). The van der Waals surface area contributed by atoms with Gasteiger partial charge in [0, 0.05) is 13.1 Å². The number of carbonyl (C=O) groups is 1. The summed E-state index contributed by atoms with van der Waals surface area (Å²) in [7, 11) is 0. The summed E-state index contributed by atoms with van der Waals surface area (Å²) in [5, 5.41) is 0. The molecule has 1 aromatic rings. The van der Waals surface area contributed by atoms with Crippen LogP contribution >= 0.6 is 0 Å². The lowest BCUT2D eigenvalue weighted by molar-refractivity contribution is -0.139. The minimum Gasteiger partial charge on any atom is -0.460 e. The van der Waals surface area contributed by atoms with E-state index in [2.05, 4.69) is 4.99 Å². The number of esters is 1. The van der Waals surface area contributed by atoms with E-state index < -0.39 is 0 Å². The fraction of sp³-hybridized carbons (Fsp3) is 0.333. The van der Waals surface area contributed by atoms with Gasteiger partial charge in [0.2, 0.25) is 0 Å². The van der Waals surface area contributed by atoms with Crippen molar-refractivity contribution in [2.75, 3.05) is 6.61 Å². The molecule has 0 heterocycles. The number of ether oxygens (including phenoxy) is 1. The quantitative estimate of drug-likeness (QED) is 0.559. The predicted molar refractivity (Wildman–Crippen MR) is 60.0 cm³/mol. The molecule has 0 amide bonds. The number of hydrogen-bond acceptors (Lipinski definition) is 3. The monoisotopic (exact) mass is 205 g/mol. The first-order valence-electron chi connectivity index (χ1n) is 4.90. The van der Waals surface area contributed by atoms with Gasteiger partial charge in [-0.2, -0.15) is 0 Å². The van der Waals surface area contributed by atoms with Gasteiger partial charge >= 0.3 is 5.97 Å². The highest BCUT2D eigenvalue weighted by atomic mass is 16.5. The van der Waals surface area contributed by atoms with Crippen LogP contribution in [0.5, 0.6) is 0 Å². The molecule has 15 heavy (non-hydrogen) atoms. The van der Waals surface area contributed by atoms with Crippen molar-refractivity contribution in [2.45, 2.75) is 19.9 Å². The number of hydrogen-bond donors (Lipinski definition) is 0. The summed E-state index contributed by atoms with van der Waals surface area (Å²) >= 11 is 0. The molecule has 1 aromatic carbocycles. The first-order valence-corrected chi connectivity index (χ1v) is 4.90. The number of aliphatic imine (C=N–C) groups is 1. The van der Waals surface area contributed by atoms with Gasteiger partial charge in [0.1, 0.15) is 6.61 Å². The molecule has 0 aliphatic rings. The Labute approximate surface area is 89.8 Å². The van der Waals surface area contributed by atoms with Gasteiger partial charge in [0.05, 0.1) is 6.04 Å². The first kappa shape index (κ1) is 11.4. The van der Waals surface area contributed by atoms with Crippen LogP contribution in [0.2, 0.25) is 0 Å². The highest BCUT2D eigenvalue weighted by Crippen LogP contribution is 2.14. The summed E-state index contributed by atoms with van der Waals surface area (Å²) in [5.74, 6) is -0.284. The number of rotatable bonds is 4. The third-order valence-corrected chi connectivity index (χ3v) is 1.97. The Balaban J connectivity index is 2.42. The third kappa shape index (κ3) is 4.40. The van der Waals surface area contributed by atoms with Crippen molar-refractivity contribution < 1.29 is 9.53 Å². The van der Waals surface area contributed by atoms with Crippen molar-refractivity contribution >= 4 is 12.2 Å². The Bertz CT molecular complexity index is 333. The Kier molecular flexibility index (Phi) is 4.54. The van der Waals surface area contributed by atoms with E-state index in [1.807, 2.05) is 37.3 Å². The van der Waals surface area contributed by atoms with Gasteiger partial charge in [-0.25, -0.2) is 0 Å². The van der Waals surface area contributed by atoms with Gasteiger partial charge in [-0.1, -0.05) is 30.3 Å². The summed E-state index contributed by atoms with van der Waals surface area (Å²) in [5.41, 5.74) is 1.15. The van der Waals surface area contributed by atoms with Crippen molar-refractivity contribution in [1.82, 2.24) is 0 Å². The molecule has 0 aromatic heterocycles. The van der Waals surface area contributed by atoms with Gasteiger partial charge < -0.3 is 4.74 Å². The molecule has 0 fully saturated rings. The molecule has 1 atom stereocenters. The second-order valence-corrected chi connectivity index (χ2v) is 3.22. The minimum atomic E-state index is -0.284. The maximum Gasteiger partial charge on any atom is 0.302 e. The molecule has 0 radical (unpaired) electrons. The van der Waals surface area contributed by atoms with E-state index in [0.717, 1.165) is 5.56 Å². The molecule has 0 saturated carbocycles. The van der Waals surface area contributed by atoms with Crippen LogP contribution in [0.25, 0.3) is 0 Å². The average molecular weight is 205 g/mol. The molecular formula is C12H15NO2. The van der Waals surface area contributed by atoms with Gasteiger partial charge in [-0.3, -0.25) is 9.79 Å². The van der Waals surface area contributed by atoms with Crippen LogP contribution in [-0.4, -0.2) is 18.8 Å². The molecule has 3 nitrogen and oxygen atoms in total. The smallest absolute Gasteiger partial charge is 0.302 e. The third-order valence-electron chi connectivity index (χ3n) is 1.97. The molecule has 0 N–H and O–H groups in total. The van der Waals surface area contributed by atoms with E-state index in [9.17, 15) is 4.79 Å². The highest BCUT2D eigenvalue weighted by molar-refractivity contribution is 5.69. The predicted octanol–water partition coefficient (Wildman–Crippen LogP) is 2.38. The van der Waals surface area contributed by atoms with Crippen molar-refractivity contribution in [1.29, 1.82) is 0 Å². The van der Waals surface area contributed by atoms with Crippen molar-refractivity contribution in [3.05, 3.63) is 35.9 Å². The van der Waals surface area contributed by atoms with Crippen molar-refractivity contribution in [3.63, 3.8) is 0 Å². The second kappa shape index (κ2) is 5.96. The Morgan fingerprint density at radius 3 is 2.73 bits per heavy atom. The number of nitrogens with zero attached hydrogens (tertiary/aromatic N) is 1. The van der Waals surface area contributed by atoms with Crippen molar-refractivity contribution in [2.24, 2.45) is 4.99 Å². The molecule has 80 valence electrons. The molecule has 0 aliphatic carbocycles. The van der Waals surface area contributed by atoms with Crippen LogP contribution in [0, 0.1) is 0 Å². The van der Waals surface area contributed by atoms with Gasteiger partial charge in [-0.05, 0) is 12.5 Å². The van der Waals surface area contributed by atoms with Crippen LogP contribution in [0.3, 0.4) is 0 Å². The van der Waals surface area contributed by atoms with Crippen LogP contribution < -0.4 is 0 Å². The fourth-order valence-electron chi connectivity index (χ4n) is 1.17. The summed E-state index contributed by atoms with van der Waals surface area (Å²) in [6.45, 7) is 3.63. The lowest BCUT2D eigenvalue weighted by atomic mass is 10.1. The van der Waals surface area contributed by atoms with E-state index in [4.69, 9.17) is 4.74 Å². The topological polar surface area (TPSA) is 38.7 Å². The Hall–Kier alpha value is -1.64. The number of carbonyl (C=O) groups excluding carboxylic acids is 1. The highest BCUT2D eigenvalue weighted by Gasteiger charge is 1.99. The summed E-state index contributed by atoms with van der Waals surface area (Å²) in [6, 6.07) is 10.1. The fourth-order valence-corrected chi connectivity index (χ4v) is 1.17. The van der Waals surface area contributed by atoms with Crippen molar-refractivity contribution in [3.8, 4) is 0 Å². The molecule has 0 saturated heterocycles. The lowest BCUT2D eigenvalue weighted by Gasteiger charge is -2.05. The average Bonchev–Trinajstić information content (AvgIpc) is 2.25. The molecule has 1 unspecified atom stereocenters.